The largest absolute Gasteiger partial charge is 0.462 e. The molecule has 0 radical (unpaired) electrons. The lowest BCUT2D eigenvalue weighted by Crippen LogP contribution is -2.65. The summed E-state index contributed by atoms with van der Waals surface area (Å²) in [6, 6.07) is 16.1. The number of ether oxygens (including phenoxy) is 4. The molecule has 0 bridgehead atoms. The van der Waals surface area contributed by atoms with Gasteiger partial charge in [0.05, 0.1) is 23.1 Å². The van der Waals surface area contributed by atoms with Crippen LogP contribution in [0.1, 0.15) is 75.6 Å². The molecule has 11 nitrogen and oxygen atoms in total. The molecule has 0 unspecified atom stereocenters. The summed E-state index contributed by atoms with van der Waals surface area (Å²) in [5.41, 5.74) is -4.79. The van der Waals surface area contributed by atoms with Crippen LogP contribution in [0.4, 0.5) is 0 Å². The van der Waals surface area contributed by atoms with E-state index in [1.165, 1.54) is 38.1 Å². The van der Waals surface area contributed by atoms with Gasteiger partial charge in [0, 0.05) is 31.6 Å². The topological polar surface area (TPSA) is 166 Å². The van der Waals surface area contributed by atoms with E-state index in [9.17, 15) is 34.5 Å². The van der Waals surface area contributed by atoms with Crippen LogP contribution in [0.15, 0.2) is 84.5 Å². The van der Waals surface area contributed by atoms with Crippen molar-refractivity contribution in [3.63, 3.8) is 0 Å². The number of carbonyl (C=O) groups excluding carboxylic acids is 4. The van der Waals surface area contributed by atoms with E-state index in [-0.39, 0.29) is 17.5 Å². The summed E-state index contributed by atoms with van der Waals surface area (Å²) in [4.78, 5) is 52.4. The van der Waals surface area contributed by atoms with Crippen LogP contribution in [0, 0.1) is 17.3 Å². The second-order valence-corrected chi connectivity index (χ2v) is 13.8. The van der Waals surface area contributed by atoms with E-state index in [1.54, 1.807) is 82.3 Å². The van der Waals surface area contributed by atoms with Crippen LogP contribution >= 0.6 is 0 Å². The highest BCUT2D eigenvalue weighted by Crippen LogP contribution is 2.52. The first-order valence-corrected chi connectivity index (χ1v) is 16.3. The van der Waals surface area contributed by atoms with Crippen molar-refractivity contribution in [1.29, 1.82) is 0 Å². The standard InChI is InChI=1S/C38H46O11/c1-22-20-28-31(47-33(43)26-14-10-8-11-15-26)23(2)32(42)38(28,49-25(4)40)35(48-34(44)27-16-12-9-13-17-27)37(7,45)19-18-36(5,6)30(21-29(22)41)46-24(3)39/h8-20,23,28-32,35,41-42,45H,21H2,1-7H3/b19-18+,22-20+/t23-,28+,29-,30-,31+,32+,35-,37-,38+/m1/s1. The molecule has 2 aromatic rings. The quantitative estimate of drug-likeness (QED) is 0.226. The van der Waals surface area contributed by atoms with Crippen molar-refractivity contribution in [2.24, 2.45) is 17.3 Å². The summed E-state index contributed by atoms with van der Waals surface area (Å²) in [6.07, 6.45) is -2.47. The Morgan fingerprint density at radius 3 is 1.82 bits per heavy atom. The van der Waals surface area contributed by atoms with Gasteiger partial charge in [0.15, 0.2) is 11.7 Å². The summed E-state index contributed by atoms with van der Waals surface area (Å²) in [6.45, 7) is 10.4. The maximum atomic E-state index is 13.8. The molecular formula is C38H46O11. The van der Waals surface area contributed by atoms with Gasteiger partial charge in [0.25, 0.3) is 0 Å². The highest BCUT2D eigenvalue weighted by Gasteiger charge is 2.70. The fraction of sp³-hybridized carbons (Fsp3) is 0.474. The lowest BCUT2D eigenvalue weighted by atomic mass is 9.72. The Morgan fingerprint density at radius 1 is 0.776 bits per heavy atom. The third-order valence-corrected chi connectivity index (χ3v) is 9.50. The molecule has 0 heterocycles. The monoisotopic (exact) mass is 678 g/mol. The van der Waals surface area contributed by atoms with Crippen LogP contribution in [0.25, 0.3) is 0 Å². The van der Waals surface area contributed by atoms with E-state index >= 15 is 0 Å². The van der Waals surface area contributed by atoms with Crippen LogP contribution in [0.5, 0.6) is 0 Å². The smallest absolute Gasteiger partial charge is 0.338 e. The maximum absolute atomic E-state index is 13.8. The Bertz CT molecular complexity index is 1580. The van der Waals surface area contributed by atoms with Crippen molar-refractivity contribution < 1.29 is 53.4 Å². The fourth-order valence-electron chi connectivity index (χ4n) is 6.79. The van der Waals surface area contributed by atoms with E-state index in [4.69, 9.17) is 18.9 Å². The average Bonchev–Trinajstić information content (AvgIpc) is 3.23. The molecule has 49 heavy (non-hydrogen) atoms. The molecule has 0 spiro atoms. The number of esters is 4. The molecule has 1 saturated carbocycles. The summed E-state index contributed by atoms with van der Waals surface area (Å²) in [5, 5.41) is 36.1. The van der Waals surface area contributed by atoms with Gasteiger partial charge in [0.1, 0.15) is 23.9 Å². The van der Waals surface area contributed by atoms with E-state index in [2.05, 4.69) is 0 Å². The minimum absolute atomic E-state index is 0.0618. The van der Waals surface area contributed by atoms with Crippen molar-refractivity contribution in [2.75, 3.05) is 0 Å². The molecule has 0 aliphatic heterocycles. The molecule has 0 amide bonds. The minimum atomic E-state index is -2.26. The van der Waals surface area contributed by atoms with Crippen LogP contribution < -0.4 is 0 Å². The lowest BCUT2D eigenvalue weighted by Gasteiger charge is -2.47. The van der Waals surface area contributed by atoms with Gasteiger partial charge >= 0.3 is 23.9 Å². The molecule has 1 fully saturated rings. The summed E-state index contributed by atoms with van der Waals surface area (Å²) < 4.78 is 23.8. The molecular weight excluding hydrogens is 632 g/mol. The zero-order valence-electron chi connectivity index (χ0n) is 28.9. The van der Waals surface area contributed by atoms with Crippen molar-refractivity contribution in [3.8, 4) is 0 Å². The van der Waals surface area contributed by atoms with Gasteiger partial charge in [-0.3, -0.25) is 9.59 Å². The van der Waals surface area contributed by atoms with Crippen molar-refractivity contribution in [2.45, 2.75) is 96.6 Å². The van der Waals surface area contributed by atoms with Crippen LogP contribution in [-0.2, 0) is 28.5 Å². The Morgan fingerprint density at radius 2 is 1.31 bits per heavy atom. The lowest BCUT2D eigenvalue weighted by molar-refractivity contribution is -0.222. The molecule has 2 aromatic carbocycles. The first kappa shape index (κ1) is 37.5. The number of benzene rings is 2. The zero-order chi connectivity index (χ0) is 36.3. The SMILES string of the molecule is CC(=O)O[C@@H]1C[C@@H](O)/C(C)=C/[C@H]2[C@@H](OC(=O)c3ccccc3)[C@@H](C)[C@H](O)[C@]2(OC(C)=O)[C@H](OC(=O)c2ccccc2)[C@](C)(O)/C=C/C1(C)C. The number of hydrogen-bond donors (Lipinski definition) is 3. The summed E-state index contributed by atoms with van der Waals surface area (Å²) in [5.74, 6) is -5.31. The first-order valence-electron chi connectivity index (χ1n) is 16.3. The maximum Gasteiger partial charge on any atom is 0.338 e. The highest BCUT2D eigenvalue weighted by molar-refractivity contribution is 5.90. The molecule has 11 heteroatoms. The molecule has 0 aromatic heterocycles. The molecule has 2 aliphatic rings. The Balaban J connectivity index is 2.01. The van der Waals surface area contributed by atoms with E-state index in [0.29, 0.717) is 5.57 Å². The Labute approximate surface area is 286 Å². The number of fused-ring (bicyclic) bond motifs is 1. The van der Waals surface area contributed by atoms with E-state index < -0.39 is 82.8 Å². The third-order valence-electron chi connectivity index (χ3n) is 9.50. The predicted octanol–water partition coefficient (Wildman–Crippen LogP) is 4.34. The number of rotatable bonds is 6. The number of carbonyl (C=O) groups is 4. The number of hydrogen-bond acceptors (Lipinski definition) is 11. The molecule has 264 valence electrons. The van der Waals surface area contributed by atoms with Crippen LogP contribution in [-0.4, -0.2) is 80.9 Å². The summed E-state index contributed by atoms with van der Waals surface area (Å²) >= 11 is 0. The van der Waals surface area contributed by atoms with Crippen molar-refractivity contribution in [1.82, 2.24) is 0 Å². The van der Waals surface area contributed by atoms with Gasteiger partial charge in [-0.15, -0.1) is 0 Å². The minimum Gasteiger partial charge on any atom is -0.462 e. The number of aliphatic hydroxyl groups excluding tert-OH is 2. The predicted molar refractivity (Wildman–Crippen MR) is 178 cm³/mol. The molecule has 2 aliphatic carbocycles. The fourth-order valence-corrected chi connectivity index (χ4v) is 6.79. The third kappa shape index (κ3) is 7.95. The van der Waals surface area contributed by atoms with Crippen molar-refractivity contribution >= 4 is 23.9 Å². The highest BCUT2D eigenvalue weighted by atomic mass is 16.6. The van der Waals surface area contributed by atoms with E-state index in [1.807, 2.05) is 0 Å². The van der Waals surface area contributed by atoms with Gasteiger partial charge in [-0.05, 0) is 43.7 Å². The second kappa shape index (κ2) is 14.7. The Hall–Kier alpha value is -4.32. The zero-order valence-corrected chi connectivity index (χ0v) is 28.9. The van der Waals surface area contributed by atoms with Crippen LogP contribution in [0.3, 0.4) is 0 Å². The van der Waals surface area contributed by atoms with Crippen LogP contribution in [0.2, 0.25) is 0 Å². The normalized spacial score (nSPS) is 34.4. The van der Waals surface area contributed by atoms with Gasteiger partial charge in [0.2, 0.25) is 0 Å². The van der Waals surface area contributed by atoms with Gasteiger partial charge < -0.3 is 34.3 Å². The molecule has 3 N–H and O–H groups in total. The second-order valence-electron chi connectivity index (χ2n) is 13.8. The van der Waals surface area contributed by atoms with Gasteiger partial charge in [-0.1, -0.05) is 75.4 Å². The number of aliphatic hydroxyl groups is 3. The average molecular weight is 679 g/mol. The molecule has 0 saturated heterocycles. The molecule has 9 atom stereocenters. The van der Waals surface area contributed by atoms with Gasteiger partial charge in [-0.2, -0.15) is 0 Å². The molecule has 4 rings (SSSR count). The first-order chi connectivity index (χ1) is 22.9. The van der Waals surface area contributed by atoms with Crippen molar-refractivity contribution in [3.05, 3.63) is 95.6 Å². The Kier molecular flexibility index (Phi) is 11.2. The summed E-state index contributed by atoms with van der Waals surface area (Å²) in [7, 11) is 0. The van der Waals surface area contributed by atoms with Gasteiger partial charge in [-0.25, -0.2) is 9.59 Å². The van der Waals surface area contributed by atoms with E-state index in [0.717, 1.165) is 6.92 Å².